The Hall–Kier alpha value is -4.04. The third-order valence-corrected chi connectivity index (χ3v) is 5.57. The second kappa shape index (κ2) is 8.14. The van der Waals surface area contributed by atoms with E-state index in [0.717, 1.165) is 12.1 Å². The van der Waals surface area contributed by atoms with Gasteiger partial charge in [0.05, 0.1) is 22.9 Å². The molecule has 170 valence electrons. The molecule has 0 spiro atoms. The van der Waals surface area contributed by atoms with E-state index >= 15 is 0 Å². The largest absolute Gasteiger partial charge is 0.416 e. The summed E-state index contributed by atoms with van der Waals surface area (Å²) in [7, 11) is 0. The average Bonchev–Trinajstić information content (AvgIpc) is 3.15. The third-order valence-electron chi connectivity index (χ3n) is 5.57. The lowest BCUT2D eigenvalue weighted by molar-refractivity contribution is -0.137. The van der Waals surface area contributed by atoms with Gasteiger partial charge in [-0.1, -0.05) is 12.1 Å². The summed E-state index contributed by atoms with van der Waals surface area (Å²) >= 11 is 0. The maximum atomic E-state index is 13.3. The number of nitrogens with zero attached hydrogens (tertiary/aromatic N) is 4. The molecule has 3 aromatic rings. The Morgan fingerprint density at radius 1 is 1.27 bits per heavy atom. The highest BCUT2D eigenvalue weighted by atomic mass is 19.4. The van der Waals surface area contributed by atoms with Crippen LogP contribution in [-0.2, 0) is 12.6 Å². The number of nitriles is 1. The van der Waals surface area contributed by atoms with Crippen LogP contribution in [0.3, 0.4) is 0 Å². The molecular weight excluding hydrogens is 437 g/mol. The number of alkyl halides is 3. The molecule has 0 aliphatic carbocycles. The minimum atomic E-state index is -4.55. The number of nitrogens with one attached hydrogen (secondary N) is 1. The number of nitrogens with two attached hydrogens (primary N) is 1. The molecule has 0 fully saturated rings. The number of H-pyrrole nitrogens is 1. The lowest BCUT2D eigenvalue weighted by Gasteiger charge is -2.35. The molecule has 2 aromatic carbocycles. The Balaban J connectivity index is 1.93. The van der Waals surface area contributed by atoms with E-state index in [1.165, 1.54) is 21.6 Å². The lowest BCUT2D eigenvalue weighted by Crippen LogP contribution is -2.38. The van der Waals surface area contributed by atoms with Crippen LogP contribution >= 0.6 is 0 Å². The van der Waals surface area contributed by atoms with Gasteiger partial charge in [0.15, 0.2) is 0 Å². The summed E-state index contributed by atoms with van der Waals surface area (Å²) in [6.07, 6.45) is -4.34. The molecule has 0 saturated carbocycles. The smallest absolute Gasteiger partial charge is 0.399 e. The molecule has 0 radical (unpaired) electrons. The highest BCUT2D eigenvalue weighted by Gasteiger charge is 2.37. The van der Waals surface area contributed by atoms with Gasteiger partial charge in [0.2, 0.25) is 5.95 Å². The van der Waals surface area contributed by atoms with Gasteiger partial charge >= 0.3 is 11.9 Å². The molecule has 4 N–H and O–H groups in total. The van der Waals surface area contributed by atoms with Crippen LogP contribution in [0.15, 0.2) is 58.7 Å². The first kappa shape index (κ1) is 22.2. The zero-order valence-corrected chi connectivity index (χ0v) is 17.4. The molecule has 2 heterocycles. The third kappa shape index (κ3) is 3.74. The molecule has 1 aliphatic heterocycles. The topological polar surface area (TPSA) is 124 Å². The number of aromatic amines is 1. The van der Waals surface area contributed by atoms with E-state index in [-0.39, 0.29) is 30.4 Å². The van der Waals surface area contributed by atoms with Gasteiger partial charge in [-0.15, -0.1) is 5.10 Å². The number of hydrogen-bond acceptors (Lipinski definition) is 6. The Morgan fingerprint density at radius 2 is 2.03 bits per heavy atom. The molecule has 4 rings (SSSR count). The van der Waals surface area contributed by atoms with E-state index in [1.54, 1.807) is 25.1 Å². The van der Waals surface area contributed by atoms with Crippen molar-refractivity contribution in [3.05, 3.63) is 86.6 Å². The number of fused-ring (bicyclic) bond motifs is 1. The van der Waals surface area contributed by atoms with Gasteiger partial charge in [0, 0.05) is 18.0 Å². The number of benzene rings is 2. The highest BCUT2D eigenvalue weighted by Crippen LogP contribution is 2.41. The van der Waals surface area contributed by atoms with Crippen LogP contribution < -0.4 is 16.3 Å². The molecule has 1 aliphatic rings. The monoisotopic (exact) mass is 456 g/mol. The fraction of sp³-hybridized carbons (Fsp3) is 0.227. The van der Waals surface area contributed by atoms with Crippen LogP contribution in [0.5, 0.6) is 0 Å². The van der Waals surface area contributed by atoms with Crippen molar-refractivity contribution in [2.45, 2.75) is 25.6 Å². The molecule has 0 saturated heterocycles. The number of aliphatic hydroxyl groups is 1. The molecule has 1 aromatic heterocycles. The van der Waals surface area contributed by atoms with E-state index in [4.69, 9.17) is 5.73 Å². The number of aromatic nitrogens is 3. The summed E-state index contributed by atoms with van der Waals surface area (Å²) in [5, 5.41) is 25.1. The van der Waals surface area contributed by atoms with Gasteiger partial charge in [-0.3, -0.25) is 4.90 Å². The highest BCUT2D eigenvalue weighted by molar-refractivity contribution is 5.67. The summed E-state index contributed by atoms with van der Waals surface area (Å²) in [6, 6.07) is 10.7. The quantitative estimate of drug-likeness (QED) is 0.555. The molecule has 11 heteroatoms. The summed E-state index contributed by atoms with van der Waals surface area (Å²) in [4.78, 5) is 14.1. The maximum absolute atomic E-state index is 13.3. The summed E-state index contributed by atoms with van der Waals surface area (Å²) < 4.78 is 41.1. The van der Waals surface area contributed by atoms with Crippen molar-refractivity contribution in [1.82, 2.24) is 14.8 Å². The van der Waals surface area contributed by atoms with Crippen LogP contribution in [0, 0.1) is 11.3 Å². The number of rotatable bonds is 4. The predicted octanol–water partition coefficient (Wildman–Crippen LogP) is 2.93. The minimum absolute atomic E-state index is 0.0651. The van der Waals surface area contributed by atoms with E-state index in [9.17, 15) is 28.3 Å². The van der Waals surface area contributed by atoms with Crippen LogP contribution in [0.4, 0.5) is 24.8 Å². The Bertz CT molecular complexity index is 1350. The second-order valence-electron chi connectivity index (χ2n) is 7.52. The fourth-order valence-corrected chi connectivity index (χ4v) is 4.02. The van der Waals surface area contributed by atoms with Crippen LogP contribution in [-0.4, -0.2) is 26.5 Å². The molecule has 0 bridgehead atoms. The van der Waals surface area contributed by atoms with Gasteiger partial charge in [-0.25, -0.2) is 14.5 Å². The number of allylic oxidation sites excluding steroid dienone is 2. The first-order valence-electron chi connectivity index (χ1n) is 9.91. The molecular formula is C22H19F3N6O2. The molecule has 0 amide bonds. The summed E-state index contributed by atoms with van der Waals surface area (Å²) in [6.45, 7) is 1.43. The van der Waals surface area contributed by atoms with Crippen LogP contribution in [0.2, 0.25) is 0 Å². The average molecular weight is 456 g/mol. The minimum Gasteiger partial charge on any atom is -0.399 e. The Kier molecular flexibility index (Phi) is 5.47. The van der Waals surface area contributed by atoms with Crippen molar-refractivity contribution >= 4 is 11.6 Å². The molecule has 8 nitrogen and oxygen atoms in total. The fourth-order valence-electron chi connectivity index (χ4n) is 4.02. The number of hydrogen-bond donors (Lipinski definition) is 3. The van der Waals surface area contributed by atoms with Crippen LogP contribution in [0.1, 0.15) is 35.2 Å². The molecule has 0 unspecified atom stereocenters. The number of anilines is 2. The zero-order chi connectivity index (χ0) is 23.9. The van der Waals surface area contributed by atoms with E-state index in [2.05, 4.69) is 10.2 Å². The maximum Gasteiger partial charge on any atom is 0.416 e. The zero-order valence-electron chi connectivity index (χ0n) is 17.4. The van der Waals surface area contributed by atoms with Crippen molar-refractivity contribution in [2.24, 2.45) is 5.73 Å². The molecule has 33 heavy (non-hydrogen) atoms. The molecule has 1 atom stereocenters. The SMILES string of the molecule is CC1=C(N)[C@@H](c2ccc(C#N)cc2CCO)n2c(n[nH]c2=O)N1c1cccc(C(F)(F)F)c1. The number of halogens is 3. The van der Waals surface area contributed by atoms with Gasteiger partial charge < -0.3 is 10.8 Å². The van der Waals surface area contributed by atoms with Gasteiger partial charge in [-0.2, -0.15) is 18.4 Å². The van der Waals surface area contributed by atoms with E-state index < -0.39 is 23.5 Å². The van der Waals surface area contributed by atoms with E-state index in [0.29, 0.717) is 22.4 Å². The summed E-state index contributed by atoms with van der Waals surface area (Å²) in [5.41, 5.74) is 7.33. The first-order valence-corrected chi connectivity index (χ1v) is 9.91. The van der Waals surface area contributed by atoms with Crippen molar-refractivity contribution in [2.75, 3.05) is 11.5 Å². The van der Waals surface area contributed by atoms with E-state index in [1.807, 2.05) is 6.07 Å². The normalized spacial score (nSPS) is 16.0. The standard InChI is InChI=1S/C22H19F3N6O2/c1-12-18(27)19(17-6-5-13(11-26)9-14(17)7-8-32)31-20(28-29-21(31)33)30(12)16-4-2-3-15(10-16)22(23,24)25/h2-6,9-10,19,32H,7-8,27H2,1H3,(H,29,33)/t19-/m1/s1. The van der Waals surface area contributed by atoms with Crippen molar-refractivity contribution in [3.8, 4) is 6.07 Å². The van der Waals surface area contributed by atoms with Crippen molar-refractivity contribution < 1.29 is 18.3 Å². The van der Waals surface area contributed by atoms with Gasteiger partial charge in [-0.05, 0) is 54.8 Å². The van der Waals surface area contributed by atoms with Crippen molar-refractivity contribution in [1.29, 1.82) is 5.26 Å². The van der Waals surface area contributed by atoms with Gasteiger partial charge in [0.25, 0.3) is 0 Å². The lowest BCUT2D eigenvalue weighted by atomic mass is 9.92. The number of aliphatic hydroxyl groups excluding tert-OH is 1. The first-order chi connectivity index (χ1) is 15.7. The second-order valence-corrected chi connectivity index (χ2v) is 7.52. The van der Waals surface area contributed by atoms with Crippen molar-refractivity contribution in [3.63, 3.8) is 0 Å². The Labute approximate surface area is 186 Å². The van der Waals surface area contributed by atoms with Gasteiger partial charge in [0.1, 0.15) is 6.04 Å². The predicted molar refractivity (Wildman–Crippen MR) is 113 cm³/mol. The Morgan fingerprint density at radius 3 is 2.70 bits per heavy atom. The van der Waals surface area contributed by atoms with Crippen LogP contribution in [0.25, 0.3) is 0 Å². The summed E-state index contributed by atoms with van der Waals surface area (Å²) in [5.74, 6) is 0.0651.